The number of ether oxygens (including phenoxy) is 1. The molecular formula is C14H14O4S. The number of phenols is 2. The molecule has 0 aromatic heterocycles. The fraction of sp³-hybridized carbons (Fsp3) is 0.143. The van der Waals surface area contributed by atoms with Crippen molar-refractivity contribution in [2.24, 2.45) is 0 Å². The minimum atomic E-state index is 0.0189. The Balaban J connectivity index is 2.68. The summed E-state index contributed by atoms with van der Waals surface area (Å²) in [6.07, 6.45) is 0. The van der Waals surface area contributed by atoms with Gasteiger partial charge in [0.25, 0.3) is 0 Å². The maximum atomic E-state index is 10.2. The lowest BCUT2D eigenvalue weighted by molar-refractivity contribution is 0.374. The van der Waals surface area contributed by atoms with Crippen molar-refractivity contribution in [3.8, 4) is 34.1 Å². The molecule has 4 nitrogen and oxygen atoms in total. The molecule has 0 atom stereocenters. The lowest BCUT2D eigenvalue weighted by Crippen LogP contribution is -1.90. The van der Waals surface area contributed by atoms with Gasteiger partial charge in [0.15, 0.2) is 11.5 Å². The van der Waals surface area contributed by atoms with Gasteiger partial charge in [-0.15, -0.1) is 0 Å². The van der Waals surface area contributed by atoms with Gasteiger partial charge in [-0.2, -0.15) is 0 Å². The molecule has 0 aliphatic heterocycles. The molecule has 0 unspecified atom stereocenters. The van der Waals surface area contributed by atoms with Crippen LogP contribution in [0.25, 0.3) is 11.1 Å². The number of hydrogen-bond acceptors (Lipinski definition) is 5. The van der Waals surface area contributed by atoms with Crippen molar-refractivity contribution in [3.63, 3.8) is 0 Å². The van der Waals surface area contributed by atoms with Crippen molar-refractivity contribution in [1.29, 1.82) is 0 Å². The standard InChI is InChI=1S/C14H14O4S/c1-8-5-11(14(16)13(6-8)17-2)10-4-3-9(15)7-12(10)18-19/h3-7,15-16,19H,1-2H3. The van der Waals surface area contributed by atoms with Crippen LogP contribution in [0.5, 0.6) is 23.0 Å². The van der Waals surface area contributed by atoms with E-state index in [0.29, 0.717) is 22.6 Å². The minimum Gasteiger partial charge on any atom is -0.508 e. The summed E-state index contributed by atoms with van der Waals surface area (Å²) in [5.74, 6) is 0.816. The zero-order valence-electron chi connectivity index (χ0n) is 10.5. The van der Waals surface area contributed by atoms with Gasteiger partial charge in [0, 0.05) is 30.1 Å². The van der Waals surface area contributed by atoms with Crippen LogP contribution in [-0.2, 0) is 0 Å². The third kappa shape index (κ3) is 2.56. The average Bonchev–Trinajstić information content (AvgIpc) is 2.41. The van der Waals surface area contributed by atoms with Crippen LogP contribution in [-0.4, -0.2) is 17.3 Å². The van der Waals surface area contributed by atoms with E-state index in [-0.39, 0.29) is 11.5 Å². The molecule has 2 rings (SSSR count). The number of phenolic OH excluding ortho intramolecular Hbond substituents is 2. The zero-order valence-corrected chi connectivity index (χ0v) is 11.4. The fourth-order valence-electron chi connectivity index (χ4n) is 1.92. The van der Waals surface area contributed by atoms with Crippen LogP contribution in [0.15, 0.2) is 30.3 Å². The highest BCUT2D eigenvalue weighted by molar-refractivity contribution is 7.75. The summed E-state index contributed by atoms with van der Waals surface area (Å²) in [7, 11) is 1.49. The van der Waals surface area contributed by atoms with Crippen LogP contribution >= 0.6 is 12.9 Å². The molecule has 0 saturated heterocycles. The molecule has 0 radical (unpaired) electrons. The predicted molar refractivity (Wildman–Crippen MR) is 76.1 cm³/mol. The molecule has 0 bridgehead atoms. The largest absolute Gasteiger partial charge is 0.508 e. The van der Waals surface area contributed by atoms with Crippen LogP contribution in [0.4, 0.5) is 0 Å². The van der Waals surface area contributed by atoms with Gasteiger partial charge in [-0.25, -0.2) is 0 Å². The second-order valence-electron chi connectivity index (χ2n) is 4.14. The Morgan fingerprint density at radius 1 is 1.00 bits per heavy atom. The number of methoxy groups -OCH3 is 1. The highest BCUT2D eigenvalue weighted by Gasteiger charge is 2.15. The minimum absolute atomic E-state index is 0.0189. The van der Waals surface area contributed by atoms with Crippen molar-refractivity contribution in [2.45, 2.75) is 6.92 Å². The summed E-state index contributed by atoms with van der Waals surface area (Å²) in [6, 6.07) is 8.13. The molecule has 0 aliphatic carbocycles. The quantitative estimate of drug-likeness (QED) is 0.595. The third-order valence-electron chi connectivity index (χ3n) is 2.79. The Bertz CT molecular complexity index is 611. The van der Waals surface area contributed by atoms with E-state index in [0.717, 1.165) is 5.56 Å². The Hall–Kier alpha value is -2.01. The first-order valence-electron chi connectivity index (χ1n) is 5.59. The summed E-state index contributed by atoms with van der Waals surface area (Å²) in [4.78, 5) is 0. The first kappa shape index (κ1) is 13.4. The molecular weight excluding hydrogens is 264 g/mol. The second-order valence-corrected chi connectivity index (χ2v) is 4.32. The molecule has 5 heteroatoms. The average molecular weight is 278 g/mol. The normalized spacial score (nSPS) is 10.3. The third-order valence-corrected chi connectivity index (χ3v) is 2.99. The number of benzene rings is 2. The monoisotopic (exact) mass is 278 g/mol. The van der Waals surface area contributed by atoms with Crippen LogP contribution in [0.1, 0.15) is 5.56 Å². The highest BCUT2D eigenvalue weighted by atomic mass is 32.1. The van der Waals surface area contributed by atoms with E-state index in [1.54, 1.807) is 18.2 Å². The summed E-state index contributed by atoms with van der Waals surface area (Å²) < 4.78 is 10.1. The number of aromatic hydroxyl groups is 2. The van der Waals surface area contributed by atoms with E-state index in [4.69, 9.17) is 8.92 Å². The second kappa shape index (κ2) is 5.32. The first-order chi connectivity index (χ1) is 9.06. The van der Waals surface area contributed by atoms with E-state index < -0.39 is 0 Å². The van der Waals surface area contributed by atoms with Gasteiger partial charge in [-0.05, 0) is 36.8 Å². The van der Waals surface area contributed by atoms with Crippen LogP contribution in [0, 0.1) is 6.92 Å². The lowest BCUT2D eigenvalue weighted by Gasteiger charge is -2.13. The molecule has 2 aromatic rings. The van der Waals surface area contributed by atoms with E-state index in [9.17, 15) is 10.2 Å². The van der Waals surface area contributed by atoms with Gasteiger partial charge in [0.05, 0.1) is 7.11 Å². The van der Waals surface area contributed by atoms with Crippen molar-refractivity contribution in [3.05, 3.63) is 35.9 Å². The number of rotatable bonds is 3. The Kier molecular flexibility index (Phi) is 3.76. The van der Waals surface area contributed by atoms with E-state index in [1.165, 1.54) is 19.2 Å². The van der Waals surface area contributed by atoms with Gasteiger partial charge in [0.2, 0.25) is 0 Å². The number of aryl methyl sites for hydroxylation is 1. The van der Waals surface area contributed by atoms with E-state index in [1.807, 2.05) is 6.92 Å². The van der Waals surface area contributed by atoms with Crippen molar-refractivity contribution < 1.29 is 19.1 Å². The fourth-order valence-corrected chi connectivity index (χ4v) is 2.07. The van der Waals surface area contributed by atoms with Crippen LogP contribution in [0.2, 0.25) is 0 Å². The zero-order chi connectivity index (χ0) is 14.0. The number of hydrogen-bond donors (Lipinski definition) is 3. The maximum absolute atomic E-state index is 10.2. The summed E-state index contributed by atoms with van der Waals surface area (Å²) >= 11 is 3.76. The van der Waals surface area contributed by atoms with E-state index >= 15 is 0 Å². The molecule has 0 saturated carbocycles. The van der Waals surface area contributed by atoms with Crippen molar-refractivity contribution in [2.75, 3.05) is 7.11 Å². The van der Waals surface area contributed by atoms with Crippen molar-refractivity contribution in [1.82, 2.24) is 0 Å². The Morgan fingerprint density at radius 2 is 1.74 bits per heavy atom. The molecule has 19 heavy (non-hydrogen) atoms. The van der Waals surface area contributed by atoms with Crippen LogP contribution in [0.3, 0.4) is 0 Å². The van der Waals surface area contributed by atoms with Crippen molar-refractivity contribution >= 4 is 12.9 Å². The van der Waals surface area contributed by atoms with Crippen LogP contribution < -0.4 is 8.92 Å². The van der Waals surface area contributed by atoms with Gasteiger partial charge >= 0.3 is 0 Å². The molecule has 0 fully saturated rings. The van der Waals surface area contributed by atoms with E-state index in [2.05, 4.69) is 12.9 Å². The molecule has 2 N–H and O–H groups in total. The Morgan fingerprint density at radius 3 is 2.37 bits per heavy atom. The molecule has 0 amide bonds. The molecule has 0 heterocycles. The van der Waals surface area contributed by atoms with Gasteiger partial charge in [-0.1, -0.05) is 0 Å². The summed E-state index contributed by atoms with van der Waals surface area (Å²) in [6.45, 7) is 1.90. The topological polar surface area (TPSA) is 58.9 Å². The van der Waals surface area contributed by atoms with Gasteiger partial charge in [0.1, 0.15) is 11.5 Å². The smallest absolute Gasteiger partial charge is 0.165 e. The van der Waals surface area contributed by atoms with Gasteiger partial charge in [-0.3, -0.25) is 0 Å². The number of thiol groups is 1. The lowest BCUT2D eigenvalue weighted by atomic mass is 10.0. The summed E-state index contributed by atoms with van der Waals surface area (Å²) in [5.41, 5.74) is 2.11. The summed E-state index contributed by atoms with van der Waals surface area (Å²) in [5, 5.41) is 19.6. The molecule has 0 aliphatic rings. The Labute approximate surface area is 116 Å². The predicted octanol–water partition coefficient (Wildman–Crippen LogP) is 3.31. The first-order valence-corrected chi connectivity index (χ1v) is 5.95. The van der Waals surface area contributed by atoms with Gasteiger partial charge < -0.3 is 19.1 Å². The SMILES string of the molecule is COc1cc(C)cc(-c2ccc(O)cc2OS)c1O. The molecule has 100 valence electrons. The highest BCUT2D eigenvalue weighted by Crippen LogP contribution is 2.43. The maximum Gasteiger partial charge on any atom is 0.165 e. The molecule has 0 spiro atoms. The molecule has 2 aromatic carbocycles.